The zero-order chi connectivity index (χ0) is 27.1. The molecule has 1 N–H and O–H groups in total. The third-order valence-corrected chi connectivity index (χ3v) is 6.71. The molecule has 8 nitrogen and oxygen atoms in total. The van der Waals surface area contributed by atoms with E-state index in [9.17, 15) is 19.2 Å². The summed E-state index contributed by atoms with van der Waals surface area (Å²) >= 11 is 0. The minimum Gasteiger partial charge on any atom is -0.446 e. The van der Waals surface area contributed by atoms with Crippen molar-refractivity contribution in [3.05, 3.63) is 108 Å². The van der Waals surface area contributed by atoms with Crippen molar-refractivity contribution in [2.75, 3.05) is 0 Å². The van der Waals surface area contributed by atoms with Crippen LogP contribution in [-0.2, 0) is 19.1 Å². The number of amides is 2. The Kier molecular flexibility index (Phi) is 8.79. The molecule has 2 amide bonds. The summed E-state index contributed by atoms with van der Waals surface area (Å²) in [6.07, 6.45) is -2.39. The number of carbonyl (C=O) groups is 4. The molecule has 0 saturated carbocycles. The number of β-lactam (4-membered cyclic amide) rings is 1. The minimum atomic E-state index is -1.01. The van der Waals surface area contributed by atoms with Gasteiger partial charge in [0, 0.05) is 19.7 Å². The third-order valence-electron chi connectivity index (χ3n) is 6.03. The zero-order valence-corrected chi connectivity index (χ0v) is 21.8. The van der Waals surface area contributed by atoms with Crippen molar-refractivity contribution >= 4 is 37.4 Å². The van der Waals surface area contributed by atoms with Crippen LogP contribution in [0.15, 0.2) is 91.0 Å². The molecule has 9 heteroatoms. The smallest absolute Gasteiger partial charge is 0.358 e. The fraction of sp³-hybridized carbons (Fsp3) is 0.207. The number of carbonyl (C=O) groups excluding carboxylic acids is 4. The molecule has 0 radical (unpaired) electrons. The van der Waals surface area contributed by atoms with Crippen LogP contribution in [0.3, 0.4) is 0 Å². The van der Waals surface area contributed by atoms with Crippen molar-refractivity contribution in [2.24, 2.45) is 0 Å². The summed E-state index contributed by atoms with van der Waals surface area (Å²) in [7, 11) is 0.0847. The monoisotopic (exact) mass is 530 g/mol. The van der Waals surface area contributed by atoms with Gasteiger partial charge < -0.3 is 14.8 Å². The Bertz CT molecular complexity index is 1280. The number of ether oxygens (including phenoxy) is 2. The Morgan fingerprint density at radius 1 is 0.895 bits per heavy atom. The quantitative estimate of drug-likeness (QED) is 0.304. The van der Waals surface area contributed by atoms with Gasteiger partial charge in [-0.3, -0.25) is 19.3 Å². The van der Waals surface area contributed by atoms with Crippen molar-refractivity contribution in [3.63, 3.8) is 0 Å². The second kappa shape index (κ2) is 12.4. The first kappa shape index (κ1) is 26.9. The SMILES string of the molecule is CC(=O)[C@H](C)O[C@@H]1[C@@H](NC(=O)c2ccccc2)C(=O)N1C=PC(=O)OC(c1ccccc1)c1ccccc1. The maximum absolute atomic E-state index is 12.9. The summed E-state index contributed by atoms with van der Waals surface area (Å²) in [5.41, 5.74) is 1.42. The predicted molar refractivity (Wildman–Crippen MR) is 144 cm³/mol. The second-order valence-electron chi connectivity index (χ2n) is 8.67. The Balaban J connectivity index is 1.49. The number of ketones is 1. The van der Waals surface area contributed by atoms with Crippen LogP contribution in [-0.4, -0.2) is 52.5 Å². The van der Waals surface area contributed by atoms with Crippen LogP contribution in [0.25, 0.3) is 0 Å². The van der Waals surface area contributed by atoms with E-state index in [1.54, 1.807) is 37.3 Å². The van der Waals surface area contributed by atoms with E-state index >= 15 is 0 Å². The molecular formula is C29H27N2O6P. The molecule has 0 aromatic heterocycles. The lowest BCUT2D eigenvalue weighted by Crippen LogP contribution is -2.71. The van der Waals surface area contributed by atoms with E-state index in [0.717, 1.165) is 11.1 Å². The van der Waals surface area contributed by atoms with Gasteiger partial charge in [0.25, 0.3) is 11.8 Å². The lowest BCUT2D eigenvalue weighted by atomic mass is 10.0. The van der Waals surface area contributed by atoms with Crippen molar-refractivity contribution in [2.45, 2.75) is 38.3 Å². The van der Waals surface area contributed by atoms with Gasteiger partial charge in [0.2, 0.25) is 0 Å². The maximum atomic E-state index is 12.9. The Labute approximate surface area is 222 Å². The normalized spacial score (nSPS) is 17.7. The van der Waals surface area contributed by atoms with Gasteiger partial charge in [-0.15, -0.1) is 0 Å². The van der Waals surface area contributed by atoms with E-state index in [0.29, 0.717) is 5.56 Å². The van der Waals surface area contributed by atoms with E-state index in [1.165, 1.54) is 17.7 Å². The molecule has 38 heavy (non-hydrogen) atoms. The number of Topliss-reactive ketones (excluding diaryl/α,β-unsaturated/α-hetero) is 1. The number of hydrogen-bond donors (Lipinski definition) is 1. The average Bonchev–Trinajstić information content (AvgIpc) is 2.95. The molecule has 1 saturated heterocycles. The molecule has 4 rings (SSSR count). The Morgan fingerprint density at radius 3 is 1.95 bits per heavy atom. The van der Waals surface area contributed by atoms with Crippen molar-refractivity contribution in [3.8, 4) is 0 Å². The Morgan fingerprint density at radius 2 is 1.42 bits per heavy atom. The van der Waals surface area contributed by atoms with Crippen LogP contribution < -0.4 is 5.32 Å². The number of likely N-dealkylation sites (tertiary alicyclic amines) is 1. The summed E-state index contributed by atoms with van der Waals surface area (Å²) in [5.74, 6) is 0.208. The van der Waals surface area contributed by atoms with Gasteiger partial charge in [-0.1, -0.05) is 78.9 Å². The molecular weight excluding hydrogens is 503 g/mol. The van der Waals surface area contributed by atoms with Gasteiger partial charge in [0.05, 0.1) is 0 Å². The molecule has 3 aromatic carbocycles. The zero-order valence-electron chi connectivity index (χ0n) is 20.9. The van der Waals surface area contributed by atoms with Gasteiger partial charge in [-0.2, -0.15) is 0 Å². The second-order valence-corrected chi connectivity index (χ2v) is 9.53. The first-order chi connectivity index (χ1) is 18.3. The highest BCUT2D eigenvalue weighted by Crippen LogP contribution is 2.29. The van der Waals surface area contributed by atoms with E-state index < -0.39 is 42.0 Å². The lowest BCUT2D eigenvalue weighted by molar-refractivity contribution is -0.178. The van der Waals surface area contributed by atoms with Gasteiger partial charge in [0.1, 0.15) is 6.10 Å². The summed E-state index contributed by atoms with van der Waals surface area (Å²) in [5, 5.41) is 2.66. The van der Waals surface area contributed by atoms with E-state index in [4.69, 9.17) is 9.47 Å². The molecule has 1 heterocycles. The number of hydrogen-bond acceptors (Lipinski definition) is 6. The van der Waals surface area contributed by atoms with E-state index in [2.05, 4.69) is 5.32 Å². The lowest BCUT2D eigenvalue weighted by Gasteiger charge is -2.45. The molecule has 1 fully saturated rings. The van der Waals surface area contributed by atoms with Crippen LogP contribution in [0.2, 0.25) is 0 Å². The number of nitrogens with one attached hydrogen (secondary N) is 1. The molecule has 194 valence electrons. The van der Waals surface area contributed by atoms with Crippen molar-refractivity contribution in [1.29, 1.82) is 0 Å². The summed E-state index contributed by atoms with van der Waals surface area (Å²) < 4.78 is 11.6. The molecule has 1 aliphatic heterocycles. The summed E-state index contributed by atoms with van der Waals surface area (Å²) in [6.45, 7) is 2.94. The largest absolute Gasteiger partial charge is 0.446 e. The number of rotatable bonds is 10. The molecule has 0 bridgehead atoms. The van der Waals surface area contributed by atoms with Crippen molar-refractivity contribution < 1.29 is 28.7 Å². The maximum Gasteiger partial charge on any atom is 0.358 e. The highest BCUT2D eigenvalue weighted by Gasteiger charge is 2.49. The van der Waals surface area contributed by atoms with Crippen LogP contribution in [0.4, 0.5) is 4.79 Å². The topological polar surface area (TPSA) is 102 Å². The van der Waals surface area contributed by atoms with Crippen molar-refractivity contribution in [1.82, 2.24) is 10.2 Å². The average molecular weight is 531 g/mol. The molecule has 1 aliphatic rings. The van der Waals surface area contributed by atoms with Gasteiger partial charge in [-0.05, 0) is 37.1 Å². The van der Waals surface area contributed by atoms with Crippen LogP contribution in [0, 0.1) is 0 Å². The van der Waals surface area contributed by atoms with Gasteiger partial charge in [-0.25, -0.2) is 4.79 Å². The molecule has 3 aromatic rings. The van der Waals surface area contributed by atoms with Gasteiger partial charge >= 0.3 is 5.71 Å². The van der Waals surface area contributed by atoms with E-state index in [1.807, 2.05) is 60.7 Å². The van der Waals surface area contributed by atoms with Crippen LogP contribution in [0.5, 0.6) is 0 Å². The highest BCUT2D eigenvalue weighted by molar-refractivity contribution is 7.56. The molecule has 3 atom stereocenters. The first-order valence-corrected chi connectivity index (χ1v) is 13.0. The van der Waals surface area contributed by atoms with Crippen LogP contribution >= 0.6 is 8.20 Å². The summed E-state index contributed by atoms with van der Waals surface area (Å²) in [6, 6.07) is 26.2. The molecule has 0 spiro atoms. The molecule has 0 unspecified atom stereocenters. The fourth-order valence-corrected chi connectivity index (χ4v) is 4.46. The molecule has 0 aliphatic carbocycles. The summed E-state index contributed by atoms with van der Waals surface area (Å²) in [4.78, 5) is 51.4. The minimum absolute atomic E-state index is 0.0847. The number of benzene rings is 3. The van der Waals surface area contributed by atoms with Gasteiger partial charge in [0.15, 0.2) is 24.2 Å². The standard InChI is InChI=1S/C29H27N2O6P/c1-19(32)20(2)36-28-24(30-26(33)23-16-10-5-11-17-23)27(34)31(28)18-38-29(35)37-25(21-12-6-3-7-13-21)22-14-8-4-9-15-22/h3-18,20,24-25,28H,1-2H3,(H,30,33)/t20-,24-,28+/m0/s1. The third kappa shape index (κ3) is 6.40. The van der Waals surface area contributed by atoms with Crippen LogP contribution in [0.1, 0.15) is 41.4 Å². The Hall–Kier alpha value is -4.13. The fourth-order valence-electron chi connectivity index (χ4n) is 3.83. The number of nitrogens with zero attached hydrogens (tertiary/aromatic N) is 1. The predicted octanol–water partition coefficient (Wildman–Crippen LogP) is 4.58. The first-order valence-electron chi connectivity index (χ1n) is 12.0. The highest BCUT2D eigenvalue weighted by atomic mass is 31.1. The van der Waals surface area contributed by atoms with E-state index in [-0.39, 0.29) is 14.0 Å².